The summed E-state index contributed by atoms with van der Waals surface area (Å²) in [5, 5.41) is 0.891. The lowest BCUT2D eigenvalue weighted by atomic mass is 9.77. The topological polar surface area (TPSA) is 15.7 Å². The Kier molecular flexibility index (Phi) is 9.87. The molecule has 3 aliphatic rings. The number of hydrogen-bond donors (Lipinski definition) is 0. The Bertz CT molecular complexity index is 1460. The molecule has 0 N–H and O–H groups in total. The van der Waals surface area contributed by atoms with Crippen LogP contribution in [0.3, 0.4) is 0 Å². The number of nitrogens with zero attached hydrogens (tertiary/aromatic N) is 2. The Morgan fingerprint density at radius 2 is 1.48 bits per heavy atom. The highest BCUT2D eigenvalue weighted by Crippen LogP contribution is 2.53. The predicted octanol–water partition coefficient (Wildman–Crippen LogP) is 11.0. The minimum absolute atomic E-state index is 0.0522. The summed E-state index contributed by atoms with van der Waals surface area (Å²) in [6.45, 7) is 12.3. The number of likely N-dealkylation sites (N-methyl/N-ethyl adjacent to an activating group) is 2. The zero-order chi connectivity index (χ0) is 31.5. The second kappa shape index (κ2) is 13.3. The average molecular weight is 613 g/mol. The second-order valence-electron chi connectivity index (χ2n) is 14.0. The van der Waals surface area contributed by atoms with Crippen LogP contribution in [-0.2, 0) is 15.6 Å². The largest absolute Gasteiger partial charge is 0.351 e. The van der Waals surface area contributed by atoms with E-state index in [2.05, 4.69) is 131 Å². The first-order valence-electron chi connectivity index (χ1n) is 16.9. The van der Waals surface area contributed by atoms with Crippen molar-refractivity contribution in [2.45, 2.75) is 109 Å². The molecule has 1 aliphatic carbocycles. The zero-order valence-electron chi connectivity index (χ0n) is 28.2. The quantitative estimate of drug-likeness (QED) is 0.235. The molecule has 44 heavy (non-hydrogen) atoms. The monoisotopic (exact) mass is 612 g/mol. The molecule has 2 aromatic carbocycles. The van der Waals surface area contributed by atoms with Gasteiger partial charge in [-0.1, -0.05) is 127 Å². The van der Waals surface area contributed by atoms with Crippen molar-refractivity contribution in [2.24, 2.45) is 0 Å². The summed E-state index contributed by atoms with van der Waals surface area (Å²) in [5.74, 6) is 0. The molecule has 0 fully saturated rings. The van der Waals surface area contributed by atoms with E-state index in [1.807, 2.05) is 0 Å². The fraction of sp³-hybridized carbons (Fsp3) is 0.500. The van der Waals surface area contributed by atoms with E-state index >= 15 is 0 Å². The van der Waals surface area contributed by atoms with Gasteiger partial charge >= 0.3 is 0 Å². The van der Waals surface area contributed by atoms with Gasteiger partial charge in [-0.25, -0.2) is 0 Å². The number of hydrogen-bond acceptors (Lipinski definition) is 3. The number of ether oxygens (including phenoxy) is 1. The van der Waals surface area contributed by atoms with Crippen molar-refractivity contribution in [3.05, 3.63) is 106 Å². The number of allylic oxidation sites excluding steroid dienone is 7. The Hall–Kier alpha value is -2.75. The molecule has 0 bridgehead atoms. The number of anilines is 2. The number of benzene rings is 2. The molecule has 2 heterocycles. The number of rotatable bonds is 11. The highest BCUT2D eigenvalue weighted by molar-refractivity contribution is 6.32. The molecule has 236 valence electrons. The molecule has 1 unspecified atom stereocenters. The van der Waals surface area contributed by atoms with E-state index in [0.29, 0.717) is 0 Å². The van der Waals surface area contributed by atoms with Gasteiger partial charge in [-0.2, -0.15) is 0 Å². The lowest BCUT2D eigenvalue weighted by Crippen LogP contribution is -2.55. The fourth-order valence-corrected chi connectivity index (χ4v) is 8.06. The van der Waals surface area contributed by atoms with E-state index in [-0.39, 0.29) is 10.8 Å². The zero-order valence-corrected chi connectivity index (χ0v) is 28.9. The van der Waals surface area contributed by atoms with E-state index in [9.17, 15) is 0 Å². The Morgan fingerprint density at radius 1 is 0.818 bits per heavy atom. The van der Waals surface area contributed by atoms with Crippen molar-refractivity contribution in [3.63, 3.8) is 0 Å². The van der Waals surface area contributed by atoms with Gasteiger partial charge in [0.25, 0.3) is 0 Å². The van der Waals surface area contributed by atoms with Crippen molar-refractivity contribution in [1.82, 2.24) is 0 Å². The average Bonchev–Trinajstić information content (AvgIpc) is 3.31. The first-order chi connectivity index (χ1) is 21.1. The minimum atomic E-state index is -0.587. The molecule has 0 aromatic heterocycles. The molecule has 2 aliphatic heterocycles. The number of unbranched alkanes of at least 4 members (excludes halogenated alkanes) is 5. The van der Waals surface area contributed by atoms with E-state index in [1.165, 1.54) is 71.4 Å². The summed E-state index contributed by atoms with van der Waals surface area (Å²) >= 11 is 7.21. The fourth-order valence-electron chi connectivity index (χ4n) is 7.74. The van der Waals surface area contributed by atoms with Gasteiger partial charge in [0.2, 0.25) is 0 Å². The van der Waals surface area contributed by atoms with Gasteiger partial charge in [0.05, 0.1) is 0 Å². The van der Waals surface area contributed by atoms with Crippen LogP contribution in [0, 0.1) is 0 Å². The van der Waals surface area contributed by atoms with Gasteiger partial charge in [-0.05, 0) is 72.2 Å². The maximum absolute atomic E-state index is 7.21. The van der Waals surface area contributed by atoms with Gasteiger partial charge in [0.1, 0.15) is 0 Å². The standard InChI is InChI=1S/C40H53ClN2O/c1-8-9-10-11-12-17-29-44-40(39(4,5)33-22-14-16-24-35(33)43(40)7)28-27-31-20-18-19-30(37(31)41)25-26-36-38(2,3)32-21-13-15-23-34(32)42(36)6/h13-16,21-28H,8-12,17-20,29H2,1-7H3. The number of para-hydroxylation sites is 2. The Labute approximate surface area is 272 Å². The smallest absolute Gasteiger partial charge is 0.169 e. The first-order valence-corrected chi connectivity index (χ1v) is 17.2. The van der Waals surface area contributed by atoms with E-state index in [4.69, 9.17) is 16.3 Å². The number of fused-ring (bicyclic) bond motifs is 2. The van der Waals surface area contributed by atoms with Crippen LogP contribution in [0.4, 0.5) is 11.4 Å². The van der Waals surface area contributed by atoms with Crippen molar-refractivity contribution < 1.29 is 4.74 Å². The summed E-state index contributed by atoms with van der Waals surface area (Å²) in [7, 11) is 4.36. The summed E-state index contributed by atoms with van der Waals surface area (Å²) in [4.78, 5) is 4.68. The maximum Gasteiger partial charge on any atom is 0.169 e. The van der Waals surface area contributed by atoms with Crippen LogP contribution >= 0.6 is 11.6 Å². The molecule has 2 aromatic rings. The van der Waals surface area contributed by atoms with E-state index in [1.54, 1.807) is 0 Å². The number of halogens is 1. The van der Waals surface area contributed by atoms with Crippen LogP contribution in [0.15, 0.2) is 94.7 Å². The first kappa shape index (κ1) is 32.6. The molecular formula is C40H53ClN2O. The van der Waals surface area contributed by atoms with Gasteiger partial charge in [0, 0.05) is 53.6 Å². The Balaban J connectivity index is 1.43. The van der Waals surface area contributed by atoms with Crippen molar-refractivity contribution in [2.75, 3.05) is 30.5 Å². The maximum atomic E-state index is 7.21. The lowest BCUT2D eigenvalue weighted by Gasteiger charge is -2.44. The second-order valence-corrected chi connectivity index (χ2v) is 14.4. The van der Waals surface area contributed by atoms with Gasteiger partial charge in [-0.15, -0.1) is 0 Å². The third-order valence-corrected chi connectivity index (χ3v) is 11.0. The molecule has 1 atom stereocenters. The van der Waals surface area contributed by atoms with Gasteiger partial charge in [0.15, 0.2) is 5.72 Å². The highest BCUT2D eigenvalue weighted by atomic mass is 35.5. The van der Waals surface area contributed by atoms with Crippen molar-refractivity contribution in [1.29, 1.82) is 0 Å². The van der Waals surface area contributed by atoms with Crippen LogP contribution in [0.25, 0.3) is 0 Å². The summed E-state index contributed by atoms with van der Waals surface area (Å²) in [6, 6.07) is 17.5. The summed E-state index contributed by atoms with van der Waals surface area (Å²) in [5.41, 5.74) is 8.08. The molecular weight excluding hydrogens is 560 g/mol. The van der Waals surface area contributed by atoms with Crippen LogP contribution in [0.1, 0.15) is 104 Å². The van der Waals surface area contributed by atoms with Crippen LogP contribution in [0.5, 0.6) is 0 Å². The third-order valence-electron chi connectivity index (χ3n) is 10.5. The molecule has 0 amide bonds. The van der Waals surface area contributed by atoms with Crippen molar-refractivity contribution in [3.8, 4) is 0 Å². The molecule has 0 saturated carbocycles. The van der Waals surface area contributed by atoms with Gasteiger partial charge in [-0.3, -0.25) is 0 Å². The highest BCUT2D eigenvalue weighted by Gasteiger charge is 2.55. The minimum Gasteiger partial charge on any atom is -0.351 e. The molecule has 3 nitrogen and oxygen atoms in total. The predicted molar refractivity (Wildman–Crippen MR) is 190 cm³/mol. The molecule has 0 radical (unpaired) electrons. The SMILES string of the molecule is CCCCCCCCOC1(C=CC2=C(Cl)C(=CC=C3N(C)c4ccccc4C3(C)C)CCC2)N(C)c2ccccc2C1(C)C. The van der Waals surface area contributed by atoms with Gasteiger partial charge < -0.3 is 14.5 Å². The molecule has 4 heteroatoms. The third kappa shape index (κ3) is 5.83. The lowest BCUT2D eigenvalue weighted by molar-refractivity contribution is -0.0481. The molecule has 0 spiro atoms. The Morgan fingerprint density at radius 3 is 2.18 bits per heavy atom. The summed E-state index contributed by atoms with van der Waals surface area (Å²) in [6.07, 6.45) is 19.7. The van der Waals surface area contributed by atoms with Crippen LogP contribution < -0.4 is 9.80 Å². The van der Waals surface area contributed by atoms with E-state index in [0.717, 1.165) is 37.3 Å². The summed E-state index contributed by atoms with van der Waals surface area (Å²) < 4.78 is 6.98. The van der Waals surface area contributed by atoms with Crippen molar-refractivity contribution >= 4 is 23.0 Å². The normalized spacial score (nSPS) is 24.2. The molecule has 5 rings (SSSR count). The van der Waals surface area contributed by atoms with E-state index < -0.39 is 5.72 Å². The molecule has 0 saturated heterocycles. The van der Waals surface area contributed by atoms with Crippen LogP contribution in [-0.4, -0.2) is 26.4 Å². The van der Waals surface area contributed by atoms with Crippen LogP contribution in [0.2, 0.25) is 0 Å².